The van der Waals surface area contributed by atoms with Gasteiger partial charge in [-0.2, -0.15) is 0 Å². The van der Waals surface area contributed by atoms with Crippen molar-refractivity contribution < 1.29 is 9.94 Å². The van der Waals surface area contributed by atoms with Gasteiger partial charge in [0.15, 0.2) is 5.84 Å². The van der Waals surface area contributed by atoms with Crippen molar-refractivity contribution in [2.45, 2.75) is 32.7 Å². The highest BCUT2D eigenvalue weighted by Gasteiger charge is 2.22. The molecule has 1 aliphatic carbocycles. The minimum Gasteiger partial charge on any atom is -0.496 e. The molecule has 4 N–H and O–H groups in total. The monoisotopic (exact) mass is 291 g/mol. The first kappa shape index (κ1) is 15.6. The summed E-state index contributed by atoms with van der Waals surface area (Å²) in [6.07, 6.45) is 4.00. The smallest absolute Gasteiger partial charge is 0.170 e. The van der Waals surface area contributed by atoms with Gasteiger partial charge in [0, 0.05) is 17.7 Å². The largest absolute Gasteiger partial charge is 0.496 e. The lowest BCUT2D eigenvalue weighted by molar-refractivity contribution is 0.318. The maximum Gasteiger partial charge on any atom is 0.170 e. The molecule has 0 radical (unpaired) electrons. The van der Waals surface area contributed by atoms with Crippen molar-refractivity contribution >= 4 is 5.84 Å². The van der Waals surface area contributed by atoms with Crippen LogP contribution in [0.5, 0.6) is 5.75 Å². The van der Waals surface area contributed by atoms with Crippen LogP contribution in [-0.2, 0) is 6.54 Å². The van der Waals surface area contributed by atoms with Crippen LogP contribution >= 0.6 is 0 Å². The van der Waals surface area contributed by atoms with Gasteiger partial charge in [0.2, 0.25) is 0 Å². The molecule has 1 aromatic rings. The summed E-state index contributed by atoms with van der Waals surface area (Å²) in [5, 5.41) is 15.3. The zero-order valence-corrected chi connectivity index (χ0v) is 12.8. The number of hydrogen-bond acceptors (Lipinski definition) is 4. The summed E-state index contributed by atoms with van der Waals surface area (Å²) in [5.41, 5.74) is 7.36. The minimum atomic E-state index is 0.114. The van der Waals surface area contributed by atoms with Crippen LogP contribution in [0.15, 0.2) is 23.4 Å². The van der Waals surface area contributed by atoms with Crippen LogP contribution in [0.25, 0.3) is 0 Å². The van der Waals surface area contributed by atoms with Crippen molar-refractivity contribution in [2.24, 2.45) is 22.7 Å². The van der Waals surface area contributed by atoms with Gasteiger partial charge < -0.3 is 21.0 Å². The fourth-order valence-electron chi connectivity index (χ4n) is 3.05. The maximum absolute atomic E-state index is 8.77. The molecule has 2 atom stereocenters. The Morgan fingerprint density at radius 3 is 2.90 bits per heavy atom. The van der Waals surface area contributed by atoms with Gasteiger partial charge in [-0.15, -0.1) is 0 Å². The molecule has 0 spiro atoms. The quantitative estimate of drug-likeness (QED) is 0.325. The van der Waals surface area contributed by atoms with Gasteiger partial charge in [-0.25, -0.2) is 0 Å². The number of hydrogen-bond donors (Lipinski definition) is 3. The first-order valence-electron chi connectivity index (χ1n) is 7.51. The Bertz CT molecular complexity index is 502. The standard InChI is InChI=1S/C16H25N3O2/c1-11-4-3-5-13(11)9-18-10-14-8-12(16(17)19-20)6-7-15(14)21-2/h6-8,11,13,18,20H,3-5,9-10H2,1-2H3,(H2,17,19). The molecule has 5 nitrogen and oxygen atoms in total. The number of rotatable bonds is 6. The van der Waals surface area contributed by atoms with Crippen molar-refractivity contribution in [2.75, 3.05) is 13.7 Å². The number of benzene rings is 1. The number of ether oxygens (including phenoxy) is 1. The summed E-state index contributed by atoms with van der Waals surface area (Å²) < 4.78 is 5.37. The first-order chi connectivity index (χ1) is 10.2. The Balaban J connectivity index is 2.00. The summed E-state index contributed by atoms with van der Waals surface area (Å²) in [6.45, 7) is 4.08. The molecule has 0 aromatic heterocycles. The molecule has 0 bridgehead atoms. The highest BCUT2D eigenvalue weighted by Crippen LogP contribution is 2.30. The van der Waals surface area contributed by atoms with Crippen LogP contribution < -0.4 is 15.8 Å². The molecule has 1 aromatic carbocycles. The van der Waals surface area contributed by atoms with Crippen LogP contribution in [-0.4, -0.2) is 24.7 Å². The minimum absolute atomic E-state index is 0.114. The zero-order valence-electron chi connectivity index (χ0n) is 12.8. The first-order valence-corrected chi connectivity index (χ1v) is 7.51. The number of nitrogens with zero attached hydrogens (tertiary/aromatic N) is 1. The van der Waals surface area contributed by atoms with Crippen LogP contribution in [0.4, 0.5) is 0 Å². The van der Waals surface area contributed by atoms with E-state index in [0.29, 0.717) is 5.56 Å². The normalized spacial score (nSPS) is 22.5. The molecule has 21 heavy (non-hydrogen) atoms. The molecule has 1 fully saturated rings. The summed E-state index contributed by atoms with van der Waals surface area (Å²) in [5.74, 6) is 2.51. The number of nitrogens with two attached hydrogens (primary N) is 1. The Kier molecular flexibility index (Phi) is 5.44. The maximum atomic E-state index is 8.77. The predicted octanol–water partition coefficient (Wildman–Crippen LogP) is 2.32. The Morgan fingerprint density at radius 2 is 2.29 bits per heavy atom. The molecule has 1 saturated carbocycles. The molecule has 2 rings (SSSR count). The Morgan fingerprint density at radius 1 is 1.48 bits per heavy atom. The van der Waals surface area contributed by atoms with Crippen molar-refractivity contribution in [3.63, 3.8) is 0 Å². The summed E-state index contributed by atoms with van der Waals surface area (Å²) in [7, 11) is 1.65. The third kappa shape index (κ3) is 3.88. The van der Waals surface area contributed by atoms with E-state index in [2.05, 4.69) is 17.4 Å². The zero-order chi connectivity index (χ0) is 15.2. The van der Waals surface area contributed by atoms with Crippen LogP contribution in [0.2, 0.25) is 0 Å². The molecule has 5 heteroatoms. The second kappa shape index (κ2) is 7.31. The van der Waals surface area contributed by atoms with Crippen molar-refractivity contribution in [3.8, 4) is 5.75 Å². The van der Waals surface area contributed by atoms with E-state index >= 15 is 0 Å². The predicted molar refractivity (Wildman–Crippen MR) is 83.7 cm³/mol. The number of nitrogens with one attached hydrogen (secondary N) is 1. The van der Waals surface area contributed by atoms with Gasteiger partial charge in [0.25, 0.3) is 0 Å². The average molecular weight is 291 g/mol. The van der Waals surface area contributed by atoms with Crippen LogP contribution in [0.1, 0.15) is 37.3 Å². The highest BCUT2D eigenvalue weighted by atomic mass is 16.5. The summed E-state index contributed by atoms with van der Waals surface area (Å²) in [6, 6.07) is 5.54. The summed E-state index contributed by atoms with van der Waals surface area (Å²) in [4.78, 5) is 0. The highest BCUT2D eigenvalue weighted by molar-refractivity contribution is 5.97. The lowest BCUT2D eigenvalue weighted by Crippen LogP contribution is -2.24. The fraction of sp³-hybridized carbons (Fsp3) is 0.562. The van der Waals surface area contributed by atoms with Crippen molar-refractivity contribution in [1.82, 2.24) is 5.32 Å². The van der Waals surface area contributed by atoms with Gasteiger partial charge in [-0.05, 0) is 43.0 Å². The van der Waals surface area contributed by atoms with E-state index in [9.17, 15) is 0 Å². The van der Waals surface area contributed by atoms with Crippen LogP contribution in [0.3, 0.4) is 0 Å². The molecule has 0 aliphatic heterocycles. The lowest BCUT2D eigenvalue weighted by atomic mass is 9.98. The number of methoxy groups -OCH3 is 1. The van der Waals surface area contributed by atoms with Crippen molar-refractivity contribution in [1.29, 1.82) is 0 Å². The van der Waals surface area contributed by atoms with Gasteiger partial charge in [-0.1, -0.05) is 24.9 Å². The molecular formula is C16H25N3O2. The summed E-state index contributed by atoms with van der Waals surface area (Å²) >= 11 is 0. The second-order valence-electron chi connectivity index (χ2n) is 5.81. The molecule has 2 unspecified atom stereocenters. The van der Waals surface area contributed by atoms with E-state index in [-0.39, 0.29) is 5.84 Å². The van der Waals surface area contributed by atoms with Crippen LogP contribution in [0, 0.1) is 11.8 Å². The van der Waals surface area contributed by atoms with Gasteiger partial charge >= 0.3 is 0 Å². The second-order valence-corrected chi connectivity index (χ2v) is 5.81. The van der Waals surface area contributed by atoms with Gasteiger partial charge in [-0.3, -0.25) is 0 Å². The topological polar surface area (TPSA) is 79.9 Å². The number of oxime groups is 1. The third-order valence-electron chi connectivity index (χ3n) is 4.44. The molecule has 116 valence electrons. The third-order valence-corrected chi connectivity index (χ3v) is 4.44. The molecule has 0 heterocycles. The Labute approximate surface area is 126 Å². The van der Waals surface area contributed by atoms with Crippen molar-refractivity contribution in [3.05, 3.63) is 29.3 Å². The molecule has 1 aliphatic rings. The molecule has 0 saturated heterocycles. The van der Waals surface area contributed by atoms with E-state index in [1.54, 1.807) is 13.2 Å². The van der Waals surface area contributed by atoms with E-state index in [1.165, 1.54) is 19.3 Å². The Hall–Kier alpha value is -1.75. The SMILES string of the molecule is COc1ccc(/C(N)=N/O)cc1CNCC1CCCC1C. The van der Waals surface area contributed by atoms with E-state index < -0.39 is 0 Å². The lowest BCUT2D eigenvalue weighted by Gasteiger charge is -2.17. The average Bonchev–Trinajstić information content (AvgIpc) is 2.91. The van der Waals surface area contributed by atoms with E-state index in [4.69, 9.17) is 15.7 Å². The molecule has 0 amide bonds. The van der Waals surface area contributed by atoms with Gasteiger partial charge in [0.05, 0.1) is 7.11 Å². The van der Waals surface area contributed by atoms with Gasteiger partial charge in [0.1, 0.15) is 5.75 Å². The molecular weight excluding hydrogens is 266 g/mol. The van der Waals surface area contributed by atoms with E-state index in [1.807, 2.05) is 12.1 Å². The number of amidine groups is 1. The van der Waals surface area contributed by atoms with E-state index in [0.717, 1.165) is 36.2 Å². The fourth-order valence-corrected chi connectivity index (χ4v) is 3.05.